The third kappa shape index (κ3) is 1.33. The maximum atomic E-state index is 13.5. The normalized spacial score (nSPS) is 18.2. The van der Waals surface area contributed by atoms with Gasteiger partial charge in [0.1, 0.15) is 11.6 Å². The van der Waals surface area contributed by atoms with Crippen molar-refractivity contribution in [1.82, 2.24) is 0 Å². The number of benzene rings is 1. The SMILES string of the molecule is OCC1(c2c(F)ccc(Br)c2O)CC1. The van der Waals surface area contributed by atoms with E-state index in [1.165, 1.54) is 12.1 Å². The molecular formula is C10H10BrFO2. The van der Waals surface area contributed by atoms with Gasteiger partial charge in [-0.2, -0.15) is 0 Å². The van der Waals surface area contributed by atoms with Crippen LogP contribution < -0.4 is 0 Å². The van der Waals surface area contributed by atoms with Crippen LogP contribution in [0, 0.1) is 5.82 Å². The standard InChI is InChI=1S/C10H10BrFO2/c11-6-1-2-7(12)8(9(6)14)10(5-13)3-4-10/h1-2,13-14H,3-5H2. The Kier molecular flexibility index (Phi) is 2.27. The average Bonchev–Trinajstić information content (AvgIpc) is 2.93. The summed E-state index contributed by atoms with van der Waals surface area (Å²) in [6, 6.07) is 2.76. The molecule has 1 aromatic carbocycles. The van der Waals surface area contributed by atoms with Gasteiger partial charge in [0.15, 0.2) is 0 Å². The predicted molar refractivity (Wildman–Crippen MR) is 53.8 cm³/mol. The molecule has 1 aliphatic rings. The molecule has 2 rings (SSSR count). The molecule has 0 atom stereocenters. The Morgan fingerprint density at radius 2 is 2.07 bits per heavy atom. The Labute approximate surface area is 89.5 Å². The van der Waals surface area contributed by atoms with Crippen LogP contribution in [0.25, 0.3) is 0 Å². The van der Waals surface area contributed by atoms with E-state index in [1.807, 2.05) is 0 Å². The van der Waals surface area contributed by atoms with Crippen LogP contribution in [0.15, 0.2) is 16.6 Å². The van der Waals surface area contributed by atoms with Crippen LogP contribution in [-0.4, -0.2) is 16.8 Å². The van der Waals surface area contributed by atoms with E-state index in [9.17, 15) is 9.50 Å². The third-order valence-corrected chi connectivity index (χ3v) is 3.40. The van der Waals surface area contributed by atoms with Crippen molar-refractivity contribution < 1.29 is 14.6 Å². The molecule has 4 heteroatoms. The summed E-state index contributed by atoms with van der Waals surface area (Å²) in [4.78, 5) is 0. The second kappa shape index (κ2) is 3.21. The van der Waals surface area contributed by atoms with E-state index >= 15 is 0 Å². The summed E-state index contributed by atoms with van der Waals surface area (Å²) in [5, 5.41) is 18.8. The van der Waals surface area contributed by atoms with Gasteiger partial charge in [0.25, 0.3) is 0 Å². The minimum Gasteiger partial charge on any atom is -0.506 e. The highest BCUT2D eigenvalue weighted by atomic mass is 79.9. The Morgan fingerprint density at radius 1 is 1.43 bits per heavy atom. The molecule has 0 heterocycles. The highest BCUT2D eigenvalue weighted by Crippen LogP contribution is 2.52. The maximum Gasteiger partial charge on any atom is 0.136 e. The van der Waals surface area contributed by atoms with E-state index < -0.39 is 11.2 Å². The molecule has 1 aliphatic carbocycles. The number of hydrogen-bond acceptors (Lipinski definition) is 2. The lowest BCUT2D eigenvalue weighted by Crippen LogP contribution is -2.14. The number of rotatable bonds is 2. The Balaban J connectivity index is 2.57. The van der Waals surface area contributed by atoms with Gasteiger partial charge in [-0.1, -0.05) is 0 Å². The van der Waals surface area contributed by atoms with Gasteiger partial charge in [-0.25, -0.2) is 4.39 Å². The monoisotopic (exact) mass is 260 g/mol. The largest absolute Gasteiger partial charge is 0.506 e. The molecule has 0 unspecified atom stereocenters. The molecule has 0 radical (unpaired) electrons. The molecule has 1 fully saturated rings. The molecule has 0 saturated heterocycles. The van der Waals surface area contributed by atoms with Gasteiger partial charge < -0.3 is 10.2 Å². The first-order valence-electron chi connectivity index (χ1n) is 4.39. The number of phenols is 1. The summed E-state index contributed by atoms with van der Waals surface area (Å²) in [5.74, 6) is -0.534. The van der Waals surface area contributed by atoms with Crippen LogP contribution in [-0.2, 0) is 5.41 Å². The fraction of sp³-hybridized carbons (Fsp3) is 0.400. The van der Waals surface area contributed by atoms with Crippen molar-refractivity contribution in [2.45, 2.75) is 18.3 Å². The van der Waals surface area contributed by atoms with Gasteiger partial charge in [-0.15, -0.1) is 0 Å². The van der Waals surface area contributed by atoms with Crippen LogP contribution in [0.3, 0.4) is 0 Å². The van der Waals surface area contributed by atoms with Crippen molar-refractivity contribution >= 4 is 15.9 Å². The minimum absolute atomic E-state index is 0.0865. The van der Waals surface area contributed by atoms with Crippen molar-refractivity contribution in [2.75, 3.05) is 6.61 Å². The summed E-state index contributed by atoms with van der Waals surface area (Å²) in [5.41, 5.74) is -0.299. The molecule has 0 aliphatic heterocycles. The summed E-state index contributed by atoms with van der Waals surface area (Å²) in [7, 11) is 0. The Morgan fingerprint density at radius 3 is 2.57 bits per heavy atom. The number of aromatic hydroxyl groups is 1. The van der Waals surface area contributed by atoms with Gasteiger partial charge in [0.2, 0.25) is 0 Å². The first kappa shape index (κ1) is 9.93. The highest BCUT2D eigenvalue weighted by Gasteiger charge is 2.47. The van der Waals surface area contributed by atoms with Crippen molar-refractivity contribution in [3.63, 3.8) is 0 Å². The molecular weight excluding hydrogens is 251 g/mol. The van der Waals surface area contributed by atoms with Gasteiger partial charge in [0.05, 0.1) is 11.1 Å². The summed E-state index contributed by atoms with van der Waals surface area (Å²) in [6.07, 6.45) is 1.45. The molecule has 2 N–H and O–H groups in total. The zero-order chi connectivity index (χ0) is 10.3. The summed E-state index contributed by atoms with van der Waals surface area (Å²) in [6.45, 7) is -0.117. The molecule has 0 bridgehead atoms. The molecule has 0 amide bonds. The molecule has 76 valence electrons. The smallest absolute Gasteiger partial charge is 0.136 e. The van der Waals surface area contributed by atoms with Gasteiger partial charge in [-0.05, 0) is 40.9 Å². The number of phenolic OH excluding ortho intramolecular Hbond substituents is 1. The fourth-order valence-corrected chi connectivity index (χ4v) is 2.01. The van der Waals surface area contributed by atoms with E-state index in [4.69, 9.17) is 5.11 Å². The van der Waals surface area contributed by atoms with E-state index in [-0.39, 0.29) is 17.9 Å². The number of hydrogen-bond donors (Lipinski definition) is 2. The average molecular weight is 261 g/mol. The van der Waals surface area contributed by atoms with E-state index in [0.29, 0.717) is 4.47 Å². The second-order valence-corrected chi connectivity index (χ2v) is 4.55. The topological polar surface area (TPSA) is 40.5 Å². The second-order valence-electron chi connectivity index (χ2n) is 3.69. The van der Waals surface area contributed by atoms with Crippen LogP contribution in [0.4, 0.5) is 4.39 Å². The van der Waals surface area contributed by atoms with E-state index in [0.717, 1.165) is 12.8 Å². The summed E-state index contributed by atoms with van der Waals surface area (Å²) >= 11 is 3.13. The van der Waals surface area contributed by atoms with Crippen molar-refractivity contribution in [1.29, 1.82) is 0 Å². The number of halogens is 2. The number of aliphatic hydroxyl groups excluding tert-OH is 1. The lowest BCUT2D eigenvalue weighted by Gasteiger charge is -2.15. The number of aliphatic hydroxyl groups is 1. The fourth-order valence-electron chi connectivity index (χ4n) is 1.68. The first-order valence-corrected chi connectivity index (χ1v) is 5.18. The highest BCUT2D eigenvalue weighted by molar-refractivity contribution is 9.10. The third-order valence-electron chi connectivity index (χ3n) is 2.76. The van der Waals surface area contributed by atoms with E-state index in [1.54, 1.807) is 0 Å². The van der Waals surface area contributed by atoms with Crippen LogP contribution in [0.1, 0.15) is 18.4 Å². The predicted octanol–water partition coefficient (Wildman–Crippen LogP) is 2.32. The zero-order valence-electron chi connectivity index (χ0n) is 7.43. The molecule has 1 aromatic rings. The zero-order valence-corrected chi connectivity index (χ0v) is 9.01. The molecule has 0 spiro atoms. The Bertz CT molecular complexity index is 375. The lowest BCUT2D eigenvalue weighted by molar-refractivity contribution is 0.248. The van der Waals surface area contributed by atoms with Crippen LogP contribution >= 0.6 is 15.9 Å². The van der Waals surface area contributed by atoms with Crippen LogP contribution in [0.2, 0.25) is 0 Å². The lowest BCUT2D eigenvalue weighted by atomic mass is 9.95. The van der Waals surface area contributed by atoms with Gasteiger partial charge >= 0.3 is 0 Å². The molecule has 1 saturated carbocycles. The summed E-state index contributed by atoms with van der Waals surface area (Å²) < 4.78 is 13.9. The van der Waals surface area contributed by atoms with Crippen molar-refractivity contribution in [2.24, 2.45) is 0 Å². The van der Waals surface area contributed by atoms with Gasteiger partial charge in [-0.3, -0.25) is 0 Å². The van der Waals surface area contributed by atoms with Gasteiger partial charge in [0, 0.05) is 11.0 Å². The Hall–Kier alpha value is -0.610. The molecule has 2 nitrogen and oxygen atoms in total. The quantitative estimate of drug-likeness (QED) is 0.857. The maximum absolute atomic E-state index is 13.5. The van der Waals surface area contributed by atoms with E-state index in [2.05, 4.69) is 15.9 Å². The van der Waals surface area contributed by atoms with Crippen molar-refractivity contribution in [3.05, 3.63) is 28.0 Å². The molecule has 14 heavy (non-hydrogen) atoms. The van der Waals surface area contributed by atoms with Crippen LogP contribution in [0.5, 0.6) is 5.75 Å². The van der Waals surface area contributed by atoms with Crippen molar-refractivity contribution in [3.8, 4) is 5.75 Å². The first-order chi connectivity index (χ1) is 6.60. The molecule has 0 aromatic heterocycles. The minimum atomic E-state index is -0.544.